The number of hydrogen-bond acceptors (Lipinski definition) is 6. The van der Waals surface area contributed by atoms with Crippen molar-refractivity contribution in [3.05, 3.63) is 107 Å². The van der Waals surface area contributed by atoms with E-state index in [1.165, 1.54) is 0 Å². The number of benzene rings is 3. The van der Waals surface area contributed by atoms with Gasteiger partial charge in [-0.05, 0) is 24.6 Å². The summed E-state index contributed by atoms with van der Waals surface area (Å²) in [4.78, 5) is 17.5. The van der Waals surface area contributed by atoms with Crippen molar-refractivity contribution in [3.63, 3.8) is 0 Å². The first kappa shape index (κ1) is 20.4. The number of aromatic nitrogens is 3. The molecule has 0 spiro atoms. The zero-order valence-corrected chi connectivity index (χ0v) is 17.8. The van der Waals surface area contributed by atoms with E-state index in [2.05, 4.69) is 15.5 Å². The lowest BCUT2D eigenvalue weighted by Crippen LogP contribution is -2.30. The van der Waals surface area contributed by atoms with Crippen molar-refractivity contribution in [1.29, 1.82) is 0 Å². The maximum absolute atomic E-state index is 12.7. The molecule has 0 aliphatic carbocycles. The van der Waals surface area contributed by atoms with Crippen LogP contribution in [-0.4, -0.2) is 31.7 Å². The number of alkyl carbamates (subject to hydrolysis) is 1. The summed E-state index contributed by atoms with van der Waals surface area (Å²) in [5.41, 5.74) is 3.86. The molecule has 0 saturated carbocycles. The molecule has 0 radical (unpaired) electrons. The molecule has 2 N–H and O–H groups in total. The van der Waals surface area contributed by atoms with E-state index >= 15 is 0 Å². The molecule has 8 nitrogen and oxygen atoms in total. The van der Waals surface area contributed by atoms with E-state index in [0.29, 0.717) is 23.0 Å². The first-order valence-electron chi connectivity index (χ1n) is 10.5. The van der Waals surface area contributed by atoms with E-state index in [4.69, 9.17) is 9.73 Å². The summed E-state index contributed by atoms with van der Waals surface area (Å²) in [6.45, 7) is 1.94. The maximum atomic E-state index is 12.7. The first-order chi connectivity index (χ1) is 16.1. The van der Waals surface area contributed by atoms with Crippen LogP contribution in [0.1, 0.15) is 34.5 Å². The van der Waals surface area contributed by atoms with Crippen molar-refractivity contribution in [3.8, 4) is 11.4 Å². The molecule has 1 unspecified atom stereocenters. The molecule has 2 heterocycles. The Kier molecular flexibility index (Phi) is 5.32. The number of ether oxygens (including phenoxy) is 1. The number of aliphatic imine (C=N–C) groups is 1. The molecule has 0 fully saturated rings. The molecule has 0 saturated heterocycles. The van der Waals surface area contributed by atoms with Crippen molar-refractivity contribution in [1.82, 2.24) is 20.1 Å². The van der Waals surface area contributed by atoms with Crippen LogP contribution in [0.2, 0.25) is 0 Å². The smallest absolute Gasteiger partial charge is 0.409 e. The molecule has 8 heteroatoms. The van der Waals surface area contributed by atoms with E-state index < -0.39 is 12.3 Å². The number of amides is 1. The van der Waals surface area contributed by atoms with Gasteiger partial charge in [0.15, 0.2) is 12.0 Å². The van der Waals surface area contributed by atoms with Gasteiger partial charge in [0.2, 0.25) is 0 Å². The predicted molar refractivity (Wildman–Crippen MR) is 122 cm³/mol. The van der Waals surface area contributed by atoms with Gasteiger partial charge >= 0.3 is 6.09 Å². The summed E-state index contributed by atoms with van der Waals surface area (Å²) in [5, 5.41) is 21.5. The van der Waals surface area contributed by atoms with Gasteiger partial charge in [-0.25, -0.2) is 4.79 Å². The second-order valence-corrected chi connectivity index (χ2v) is 7.59. The number of nitrogens with one attached hydrogen (secondary N) is 1. The Labute approximate surface area is 190 Å². The van der Waals surface area contributed by atoms with Crippen LogP contribution in [-0.2, 0) is 11.3 Å². The summed E-state index contributed by atoms with van der Waals surface area (Å²) >= 11 is 0. The number of hydrogen-bond donors (Lipinski definition) is 2. The van der Waals surface area contributed by atoms with Crippen molar-refractivity contribution in [2.75, 3.05) is 0 Å². The molecule has 164 valence electrons. The SMILES string of the molecule is Cc1nnc2n1-c1cc(O)ccc1C(c1ccccc1)=NC2NC(=O)OCc1ccccc1. The molecule has 1 atom stereocenters. The fraction of sp³-hybridized carbons (Fsp3) is 0.120. The molecular weight excluding hydrogens is 418 g/mol. The third-order valence-electron chi connectivity index (χ3n) is 5.34. The minimum absolute atomic E-state index is 0.105. The monoisotopic (exact) mass is 439 g/mol. The number of carbonyl (C=O) groups is 1. The van der Waals surface area contributed by atoms with Gasteiger partial charge < -0.3 is 9.84 Å². The average molecular weight is 439 g/mol. The molecule has 1 aliphatic heterocycles. The molecule has 5 rings (SSSR count). The molecule has 33 heavy (non-hydrogen) atoms. The van der Waals surface area contributed by atoms with Crippen molar-refractivity contribution in [2.45, 2.75) is 19.7 Å². The number of phenols is 1. The predicted octanol–water partition coefficient (Wildman–Crippen LogP) is 4.06. The Bertz CT molecular complexity index is 1330. The van der Waals surface area contributed by atoms with Gasteiger partial charge in [-0.2, -0.15) is 0 Å². The van der Waals surface area contributed by atoms with Gasteiger partial charge in [-0.15, -0.1) is 10.2 Å². The second-order valence-electron chi connectivity index (χ2n) is 7.59. The minimum atomic E-state index is -0.848. The van der Waals surface area contributed by atoms with Crippen LogP contribution in [0.3, 0.4) is 0 Å². The van der Waals surface area contributed by atoms with Gasteiger partial charge in [0.25, 0.3) is 0 Å². The maximum Gasteiger partial charge on any atom is 0.409 e. The molecule has 0 bridgehead atoms. The number of phenolic OH excluding ortho intramolecular Hbond substituents is 1. The highest BCUT2D eigenvalue weighted by Crippen LogP contribution is 2.31. The topological polar surface area (TPSA) is 102 Å². The van der Waals surface area contributed by atoms with Gasteiger partial charge in [-0.3, -0.25) is 14.9 Å². The molecule has 1 aliphatic rings. The minimum Gasteiger partial charge on any atom is -0.508 e. The van der Waals surface area contributed by atoms with Gasteiger partial charge in [-0.1, -0.05) is 60.7 Å². The Morgan fingerprint density at radius 3 is 2.52 bits per heavy atom. The second kappa shape index (κ2) is 8.58. The van der Waals surface area contributed by atoms with Crippen LogP contribution >= 0.6 is 0 Å². The summed E-state index contributed by atoms with van der Waals surface area (Å²) in [6, 6.07) is 24.1. The van der Waals surface area contributed by atoms with Gasteiger partial charge in [0.05, 0.1) is 11.4 Å². The molecule has 3 aromatic carbocycles. The first-order valence-corrected chi connectivity index (χ1v) is 10.5. The van der Waals surface area contributed by atoms with Crippen molar-refractivity contribution >= 4 is 11.8 Å². The lowest BCUT2D eigenvalue weighted by atomic mass is 10.0. The Hall–Kier alpha value is -4.46. The third kappa shape index (κ3) is 4.06. The van der Waals surface area contributed by atoms with Crippen LogP contribution < -0.4 is 5.32 Å². The van der Waals surface area contributed by atoms with Crippen LogP contribution in [0.25, 0.3) is 5.69 Å². The lowest BCUT2D eigenvalue weighted by molar-refractivity contribution is 0.135. The zero-order valence-electron chi connectivity index (χ0n) is 17.8. The highest BCUT2D eigenvalue weighted by atomic mass is 16.5. The van der Waals surface area contributed by atoms with E-state index in [0.717, 1.165) is 16.7 Å². The quantitative estimate of drug-likeness (QED) is 0.499. The number of aryl methyl sites for hydroxylation is 1. The molecule has 1 amide bonds. The normalized spacial score (nSPS) is 14.5. The average Bonchev–Trinajstić information content (AvgIpc) is 3.17. The van der Waals surface area contributed by atoms with E-state index in [-0.39, 0.29) is 12.4 Å². The van der Waals surface area contributed by atoms with Crippen LogP contribution in [0, 0.1) is 6.92 Å². The summed E-state index contributed by atoms with van der Waals surface area (Å²) in [7, 11) is 0. The summed E-state index contributed by atoms with van der Waals surface area (Å²) in [6.07, 6.45) is -1.47. The Morgan fingerprint density at radius 1 is 1.03 bits per heavy atom. The lowest BCUT2D eigenvalue weighted by Gasteiger charge is -2.14. The molecular formula is C25H21N5O3. The van der Waals surface area contributed by atoms with Crippen molar-refractivity contribution in [2.24, 2.45) is 4.99 Å². The largest absolute Gasteiger partial charge is 0.508 e. The third-order valence-corrected chi connectivity index (χ3v) is 5.34. The number of aromatic hydroxyl groups is 1. The van der Waals surface area contributed by atoms with Crippen LogP contribution in [0.4, 0.5) is 4.79 Å². The summed E-state index contributed by atoms with van der Waals surface area (Å²) in [5.74, 6) is 1.13. The van der Waals surface area contributed by atoms with Crippen LogP contribution in [0.15, 0.2) is 83.9 Å². The van der Waals surface area contributed by atoms with Crippen molar-refractivity contribution < 1.29 is 14.6 Å². The molecule has 4 aromatic rings. The Balaban J connectivity index is 1.55. The fourth-order valence-corrected chi connectivity index (χ4v) is 3.81. The number of rotatable bonds is 4. The number of fused-ring (bicyclic) bond motifs is 3. The van der Waals surface area contributed by atoms with Crippen LogP contribution in [0.5, 0.6) is 5.75 Å². The highest BCUT2D eigenvalue weighted by molar-refractivity contribution is 6.15. The standard InChI is InChI=1S/C25H21N5O3/c1-16-28-29-24-23(27-25(32)33-15-17-8-4-2-5-9-17)26-22(18-10-6-3-7-11-18)20-13-12-19(31)14-21(20)30(16)24/h2-14,23,31H,15H2,1H3,(H,27,32). The van der Waals surface area contributed by atoms with E-state index in [1.807, 2.05) is 67.6 Å². The number of carbonyl (C=O) groups excluding carboxylic acids is 1. The highest BCUT2D eigenvalue weighted by Gasteiger charge is 2.29. The number of nitrogens with zero attached hydrogens (tertiary/aromatic N) is 4. The van der Waals surface area contributed by atoms with E-state index in [9.17, 15) is 9.90 Å². The zero-order chi connectivity index (χ0) is 22.8. The van der Waals surface area contributed by atoms with Gasteiger partial charge in [0.1, 0.15) is 18.2 Å². The molecule has 1 aromatic heterocycles. The Morgan fingerprint density at radius 2 is 1.76 bits per heavy atom. The fourth-order valence-electron chi connectivity index (χ4n) is 3.81. The van der Waals surface area contributed by atoms with Gasteiger partial charge in [0, 0.05) is 17.2 Å². The van der Waals surface area contributed by atoms with E-state index in [1.54, 1.807) is 22.8 Å². The summed E-state index contributed by atoms with van der Waals surface area (Å²) < 4.78 is 7.20.